The molecule has 188 valence electrons. The number of para-hydroxylation sites is 1. The van der Waals surface area contributed by atoms with Crippen molar-refractivity contribution in [3.63, 3.8) is 0 Å². The van der Waals surface area contributed by atoms with Crippen LogP contribution in [-0.4, -0.2) is 47.1 Å². The number of nitrogens with one attached hydrogen (secondary N) is 2. The molecule has 1 aliphatic heterocycles. The fraction of sp³-hybridized carbons (Fsp3) is 0.231. The SMILES string of the molecule is COc1ccc(N(C)C(=O)C(Cc2ccccc2)NC(=O)NS(=O)(=O)N2CCc3ccccc32)cc1. The van der Waals surface area contributed by atoms with E-state index in [0.29, 0.717) is 23.5 Å². The number of benzene rings is 3. The summed E-state index contributed by atoms with van der Waals surface area (Å²) in [7, 11) is -1.01. The fourth-order valence-electron chi connectivity index (χ4n) is 4.13. The van der Waals surface area contributed by atoms with Crippen LogP contribution in [-0.2, 0) is 27.8 Å². The summed E-state index contributed by atoms with van der Waals surface area (Å²) in [6.45, 7) is 0.231. The van der Waals surface area contributed by atoms with E-state index in [0.717, 1.165) is 11.1 Å². The first-order chi connectivity index (χ1) is 17.3. The van der Waals surface area contributed by atoms with Gasteiger partial charge in [-0.25, -0.2) is 9.52 Å². The van der Waals surface area contributed by atoms with E-state index in [4.69, 9.17) is 4.74 Å². The van der Waals surface area contributed by atoms with Crippen LogP contribution >= 0.6 is 0 Å². The highest BCUT2D eigenvalue weighted by Gasteiger charge is 2.32. The Labute approximate surface area is 210 Å². The average Bonchev–Trinajstić information content (AvgIpc) is 3.33. The second-order valence-electron chi connectivity index (χ2n) is 8.37. The molecule has 0 saturated carbocycles. The summed E-state index contributed by atoms with van der Waals surface area (Å²) in [5.74, 6) is 0.245. The number of nitrogens with zero attached hydrogens (tertiary/aromatic N) is 2. The monoisotopic (exact) mass is 508 g/mol. The maximum Gasteiger partial charge on any atom is 0.330 e. The molecule has 1 aliphatic rings. The van der Waals surface area contributed by atoms with Crippen molar-refractivity contribution in [2.75, 3.05) is 29.9 Å². The third kappa shape index (κ3) is 5.60. The topological polar surface area (TPSA) is 108 Å². The van der Waals surface area contributed by atoms with Crippen molar-refractivity contribution in [2.24, 2.45) is 0 Å². The zero-order valence-electron chi connectivity index (χ0n) is 20.0. The predicted octanol–water partition coefficient (Wildman–Crippen LogP) is 2.88. The number of ether oxygens (including phenoxy) is 1. The Morgan fingerprint density at radius 1 is 1.00 bits per heavy atom. The lowest BCUT2D eigenvalue weighted by Crippen LogP contribution is -2.54. The Morgan fingerprint density at radius 3 is 2.36 bits per heavy atom. The molecule has 0 fully saturated rings. The minimum absolute atomic E-state index is 0.181. The maximum absolute atomic E-state index is 13.4. The van der Waals surface area contributed by atoms with E-state index in [9.17, 15) is 18.0 Å². The smallest absolute Gasteiger partial charge is 0.330 e. The van der Waals surface area contributed by atoms with Gasteiger partial charge in [0.15, 0.2) is 0 Å². The number of methoxy groups -OCH3 is 1. The van der Waals surface area contributed by atoms with Crippen LogP contribution in [0.2, 0.25) is 0 Å². The van der Waals surface area contributed by atoms with Gasteiger partial charge >= 0.3 is 16.2 Å². The van der Waals surface area contributed by atoms with Crippen molar-refractivity contribution < 1.29 is 22.7 Å². The van der Waals surface area contributed by atoms with Gasteiger partial charge in [0.2, 0.25) is 5.91 Å². The minimum Gasteiger partial charge on any atom is -0.497 e. The molecule has 1 unspecified atom stereocenters. The third-order valence-electron chi connectivity index (χ3n) is 6.03. The number of urea groups is 1. The first-order valence-electron chi connectivity index (χ1n) is 11.4. The van der Waals surface area contributed by atoms with E-state index in [1.165, 1.54) is 9.21 Å². The molecule has 0 radical (unpaired) electrons. The molecule has 10 heteroatoms. The zero-order valence-corrected chi connectivity index (χ0v) is 20.9. The second kappa shape index (κ2) is 10.7. The highest BCUT2D eigenvalue weighted by atomic mass is 32.2. The first-order valence-corrected chi connectivity index (χ1v) is 12.9. The maximum atomic E-state index is 13.4. The number of anilines is 2. The molecular formula is C26H28N4O5S. The number of fused-ring (bicyclic) bond motifs is 1. The molecule has 0 saturated heterocycles. The Morgan fingerprint density at radius 2 is 1.67 bits per heavy atom. The number of carbonyl (C=O) groups excluding carboxylic acids is 2. The fourth-order valence-corrected chi connectivity index (χ4v) is 5.31. The Balaban J connectivity index is 1.51. The van der Waals surface area contributed by atoms with E-state index < -0.39 is 28.2 Å². The Hall–Kier alpha value is -4.05. The van der Waals surface area contributed by atoms with Crippen molar-refractivity contribution in [3.8, 4) is 5.75 Å². The predicted molar refractivity (Wildman–Crippen MR) is 138 cm³/mol. The molecule has 4 rings (SSSR count). The molecule has 1 atom stereocenters. The van der Waals surface area contributed by atoms with E-state index >= 15 is 0 Å². The highest BCUT2D eigenvalue weighted by Crippen LogP contribution is 2.29. The summed E-state index contributed by atoms with van der Waals surface area (Å²) < 4.78 is 34.4. The van der Waals surface area contributed by atoms with Gasteiger partial charge in [-0.1, -0.05) is 48.5 Å². The molecule has 3 amide bonds. The van der Waals surface area contributed by atoms with Crippen LogP contribution in [0.4, 0.5) is 16.2 Å². The standard InChI is InChI=1S/C26H28N4O5S/c1-29(21-12-14-22(35-2)15-13-21)25(31)23(18-19-8-4-3-5-9-19)27-26(32)28-36(33,34)30-17-16-20-10-6-7-11-24(20)30/h3-15,23H,16-18H2,1-2H3,(H2,27,28,32). The third-order valence-corrected chi connectivity index (χ3v) is 7.44. The molecule has 2 N–H and O–H groups in total. The van der Waals surface area contributed by atoms with Crippen LogP contribution in [0.3, 0.4) is 0 Å². The van der Waals surface area contributed by atoms with Crippen LogP contribution in [0.25, 0.3) is 0 Å². The average molecular weight is 509 g/mol. The summed E-state index contributed by atoms with van der Waals surface area (Å²) in [6.07, 6.45) is 0.737. The number of amides is 3. The molecule has 0 spiro atoms. The summed E-state index contributed by atoms with van der Waals surface area (Å²) in [6, 6.07) is 21.3. The van der Waals surface area contributed by atoms with Crippen molar-refractivity contribution in [1.29, 1.82) is 0 Å². The summed E-state index contributed by atoms with van der Waals surface area (Å²) in [5.41, 5.74) is 2.84. The molecule has 0 aliphatic carbocycles. The van der Waals surface area contributed by atoms with Gasteiger partial charge in [-0.05, 0) is 47.9 Å². The van der Waals surface area contributed by atoms with Crippen molar-refractivity contribution in [1.82, 2.24) is 10.0 Å². The molecule has 0 bridgehead atoms. The number of likely N-dealkylation sites (N-methyl/N-ethyl adjacent to an activating group) is 1. The van der Waals surface area contributed by atoms with Crippen LogP contribution in [0.15, 0.2) is 78.9 Å². The van der Waals surface area contributed by atoms with Gasteiger partial charge < -0.3 is 15.0 Å². The van der Waals surface area contributed by atoms with Crippen molar-refractivity contribution in [2.45, 2.75) is 18.9 Å². The Kier molecular flexibility index (Phi) is 7.44. The van der Waals surface area contributed by atoms with Crippen LogP contribution in [0.5, 0.6) is 5.75 Å². The Bertz CT molecular complexity index is 1330. The lowest BCUT2D eigenvalue weighted by Gasteiger charge is -2.26. The number of rotatable bonds is 8. The van der Waals surface area contributed by atoms with Crippen LogP contribution in [0.1, 0.15) is 11.1 Å². The van der Waals surface area contributed by atoms with Gasteiger partial charge in [-0.15, -0.1) is 0 Å². The second-order valence-corrected chi connectivity index (χ2v) is 9.96. The van der Waals surface area contributed by atoms with Crippen molar-refractivity contribution >= 4 is 33.5 Å². The van der Waals surface area contributed by atoms with Gasteiger partial charge in [0.1, 0.15) is 11.8 Å². The minimum atomic E-state index is -4.16. The van der Waals surface area contributed by atoms with Crippen LogP contribution in [0, 0.1) is 0 Å². The van der Waals surface area contributed by atoms with E-state index in [1.54, 1.807) is 50.6 Å². The van der Waals surface area contributed by atoms with E-state index in [1.807, 2.05) is 42.5 Å². The highest BCUT2D eigenvalue weighted by molar-refractivity contribution is 7.91. The van der Waals surface area contributed by atoms with E-state index in [-0.39, 0.29) is 13.0 Å². The molecule has 9 nitrogen and oxygen atoms in total. The van der Waals surface area contributed by atoms with Gasteiger partial charge in [0, 0.05) is 25.7 Å². The summed E-state index contributed by atoms with van der Waals surface area (Å²) in [4.78, 5) is 27.7. The van der Waals surface area contributed by atoms with Gasteiger partial charge in [0.25, 0.3) is 0 Å². The molecule has 3 aromatic carbocycles. The normalized spacial score (nSPS) is 13.4. The molecule has 36 heavy (non-hydrogen) atoms. The molecular weight excluding hydrogens is 480 g/mol. The zero-order chi connectivity index (χ0) is 25.7. The van der Waals surface area contributed by atoms with Crippen molar-refractivity contribution in [3.05, 3.63) is 90.0 Å². The van der Waals surface area contributed by atoms with Gasteiger partial charge in [-0.3, -0.25) is 9.10 Å². The molecule has 3 aromatic rings. The molecule has 1 heterocycles. The molecule has 0 aromatic heterocycles. The quantitative estimate of drug-likeness (QED) is 0.487. The van der Waals surface area contributed by atoms with Crippen LogP contribution < -0.4 is 24.0 Å². The largest absolute Gasteiger partial charge is 0.497 e. The summed E-state index contributed by atoms with van der Waals surface area (Å²) >= 11 is 0. The van der Waals surface area contributed by atoms with Gasteiger partial charge in [0.05, 0.1) is 12.8 Å². The number of hydrogen-bond acceptors (Lipinski definition) is 5. The summed E-state index contributed by atoms with van der Waals surface area (Å²) in [5, 5.41) is 2.57. The lowest BCUT2D eigenvalue weighted by molar-refractivity contribution is -0.120. The number of carbonyl (C=O) groups is 2. The lowest BCUT2D eigenvalue weighted by atomic mass is 10.0. The first kappa shape index (κ1) is 25.1. The van der Waals surface area contributed by atoms with E-state index in [2.05, 4.69) is 10.0 Å². The number of hydrogen-bond donors (Lipinski definition) is 2. The van der Waals surface area contributed by atoms with Gasteiger partial charge in [-0.2, -0.15) is 8.42 Å².